The summed E-state index contributed by atoms with van der Waals surface area (Å²) >= 11 is 5.99. The largest absolute Gasteiger partial charge is 0.0840 e. The maximum atomic E-state index is 5.99. The second-order valence-electron chi connectivity index (χ2n) is 3.22. The minimum absolute atomic E-state index is 0.922. The van der Waals surface area contributed by atoms with Crippen LogP contribution >= 0.6 is 11.6 Å². The van der Waals surface area contributed by atoms with Crippen LogP contribution in [0.5, 0.6) is 0 Å². The van der Waals surface area contributed by atoms with Crippen molar-refractivity contribution in [1.29, 1.82) is 0 Å². The first kappa shape index (κ1) is 10.6. The molecule has 13 heavy (non-hydrogen) atoms. The Hall–Kier alpha value is -0.490. The predicted molar refractivity (Wildman–Crippen MR) is 59.6 cm³/mol. The van der Waals surface area contributed by atoms with Crippen LogP contribution in [0.2, 0.25) is 5.02 Å². The molecule has 0 spiro atoms. The summed E-state index contributed by atoms with van der Waals surface area (Å²) in [5.74, 6) is 0. The Labute approximate surface area is 85.9 Å². The molecule has 0 nitrogen and oxygen atoms in total. The molecular formula is C12H17Cl. The average molecular weight is 197 g/mol. The zero-order valence-electron chi connectivity index (χ0n) is 8.65. The van der Waals surface area contributed by atoms with E-state index in [4.69, 9.17) is 11.6 Å². The molecule has 1 aromatic rings. The van der Waals surface area contributed by atoms with Crippen molar-refractivity contribution in [3.8, 4) is 0 Å². The molecule has 1 aliphatic rings. The normalized spacial score (nSPS) is 13.2. The van der Waals surface area contributed by atoms with Gasteiger partial charge in [-0.05, 0) is 48.9 Å². The molecule has 0 bridgehead atoms. The Kier molecular flexibility index (Phi) is 3.80. The van der Waals surface area contributed by atoms with Gasteiger partial charge in [-0.15, -0.1) is 0 Å². The van der Waals surface area contributed by atoms with Crippen molar-refractivity contribution in [3.63, 3.8) is 0 Å². The van der Waals surface area contributed by atoms with E-state index in [0.29, 0.717) is 0 Å². The molecule has 0 saturated heterocycles. The van der Waals surface area contributed by atoms with Gasteiger partial charge in [0, 0.05) is 5.02 Å². The standard InChI is InChI=1S/C10H11Cl.C2H6/c1-7-5-8-3-2-4-9(8)6-10(7)11;1-2/h5-6H,2-4H2,1H3;1-2H3. The molecule has 0 saturated carbocycles. The molecule has 0 radical (unpaired) electrons. The molecule has 2 rings (SSSR count). The van der Waals surface area contributed by atoms with Crippen molar-refractivity contribution in [2.75, 3.05) is 0 Å². The van der Waals surface area contributed by atoms with Crippen molar-refractivity contribution in [2.45, 2.75) is 40.0 Å². The minimum Gasteiger partial charge on any atom is -0.0840 e. The molecule has 0 N–H and O–H groups in total. The van der Waals surface area contributed by atoms with Crippen molar-refractivity contribution in [2.24, 2.45) is 0 Å². The van der Waals surface area contributed by atoms with Gasteiger partial charge in [-0.1, -0.05) is 31.5 Å². The van der Waals surface area contributed by atoms with Crippen molar-refractivity contribution < 1.29 is 0 Å². The number of fused-ring (bicyclic) bond motifs is 1. The van der Waals surface area contributed by atoms with E-state index in [-0.39, 0.29) is 0 Å². The van der Waals surface area contributed by atoms with E-state index in [2.05, 4.69) is 19.1 Å². The maximum Gasteiger partial charge on any atom is 0.0438 e. The lowest BCUT2D eigenvalue weighted by Crippen LogP contribution is -1.84. The van der Waals surface area contributed by atoms with Gasteiger partial charge in [0.25, 0.3) is 0 Å². The monoisotopic (exact) mass is 196 g/mol. The molecule has 0 unspecified atom stereocenters. The lowest BCUT2D eigenvalue weighted by Gasteiger charge is -2.02. The van der Waals surface area contributed by atoms with E-state index in [1.165, 1.54) is 36.0 Å². The third-order valence-corrected chi connectivity index (χ3v) is 2.78. The lowest BCUT2D eigenvalue weighted by molar-refractivity contribution is 0.911. The van der Waals surface area contributed by atoms with Gasteiger partial charge in [0.15, 0.2) is 0 Å². The molecule has 0 amide bonds. The highest BCUT2D eigenvalue weighted by atomic mass is 35.5. The summed E-state index contributed by atoms with van der Waals surface area (Å²) in [5.41, 5.74) is 4.18. The Morgan fingerprint density at radius 2 is 1.62 bits per heavy atom. The van der Waals surface area contributed by atoms with Crippen LogP contribution in [0.1, 0.15) is 37.0 Å². The molecule has 0 heterocycles. The summed E-state index contributed by atoms with van der Waals surface area (Å²) in [6, 6.07) is 4.35. The van der Waals surface area contributed by atoms with Gasteiger partial charge in [0.1, 0.15) is 0 Å². The van der Waals surface area contributed by atoms with Crippen LogP contribution in [0.25, 0.3) is 0 Å². The molecule has 1 aromatic carbocycles. The predicted octanol–water partition coefficient (Wildman–Crippen LogP) is 4.16. The Morgan fingerprint density at radius 1 is 1.08 bits per heavy atom. The molecule has 0 aliphatic heterocycles. The van der Waals surface area contributed by atoms with E-state index in [1.54, 1.807) is 0 Å². The van der Waals surface area contributed by atoms with Gasteiger partial charge >= 0.3 is 0 Å². The highest BCUT2D eigenvalue weighted by molar-refractivity contribution is 6.31. The van der Waals surface area contributed by atoms with E-state index < -0.39 is 0 Å². The van der Waals surface area contributed by atoms with Gasteiger partial charge < -0.3 is 0 Å². The first-order valence-electron chi connectivity index (χ1n) is 5.05. The number of hydrogen-bond acceptors (Lipinski definition) is 0. The number of halogens is 1. The summed E-state index contributed by atoms with van der Waals surface area (Å²) < 4.78 is 0. The molecule has 0 aromatic heterocycles. The zero-order chi connectivity index (χ0) is 9.84. The maximum absolute atomic E-state index is 5.99. The topological polar surface area (TPSA) is 0 Å². The van der Waals surface area contributed by atoms with Crippen LogP contribution in [0.4, 0.5) is 0 Å². The second kappa shape index (κ2) is 4.66. The molecule has 0 atom stereocenters. The molecule has 0 fully saturated rings. The Morgan fingerprint density at radius 3 is 2.23 bits per heavy atom. The van der Waals surface area contributed by atoms with Gasteiger partial charge in [-0.3, -0.25) is 0 Å². The zero-order valence-corrected chi connectivity index (χ0v) is 9.41. The van der Waals surface area contributed by atoms with Gasteiger partial charge in [0.2, 0.25) is 0 Å². The highest BCUT2D eigenvalue weighted by Gasteiger charge is 2.11. The van der Waals surface area contributed by atoms with Crippen LogP contribution in [0.15, 0.2) is 12.1 Å². The third-order valence-electron chi connectivity index (χ3n) is 2.37. The minimum atomic E-state index is 0.922. The summed E-state index contributed by atoms with van der Waals surface area (Å²) in [6.45, 7) is 6.07. The fourth-order valence-electron chi connectivity index (χ4n) is 1.72. The van der Waals surface area contributed by atoms with E-state index in [9.17, 15) is 0 Å². The molecular weight excluding hydrogens is 180 g/mol. The third kappa shape index (κ3) is 2.25. The van der Waals surface area contributed by atoms with Crippen LogP contribution in [-0.4, -0.2) is 0 Å². The molecule has 72 valence electrons. The van der Waals surface area contributed by atoms with E-state index >= 15 is 0 Å². The van der Waals surface area contributed by atoms with E-state index in [1.807, 2.05) is 13.8 Å². The number of rotatable bonds is 0. The van der Waals surface area contributed by atoms with Gasteiger partial charge in [-0.25, -0.2) is 0 Å². The van der Waals surface area contributed by atoms with Gasteiger partial charge in [-0.2, -0.15) is 0 Å². The van der Waals surface area contributed by atoms with Crippen molar-refractivity contribution in [3.05, 3.63) is 33.8 Å². The summed E-state index contributed by atoms with van der Waals surface area (Å²) in [7, 11) is 0. The molecule has 1 aliphatic carbocycles. The van der Waals surface area contributed by atoms with Crippen LogP contribution < -0.4 is 0 Å². The van der Waals surface area contributed by atoms with Crippen molar-refractivity contribution >= 4 is 11.6 Å². The quantitative estimate of drug-likeness (QED) is 0.585. The average Bonchev–Trinajstić information content (AvgIpc) is 2.56. The van der Waals surface area contributed by atoms with Crippen LogP contribution in [0, 0.1) is 6.92 Å². The number of benzene rings is 1. The second-order valence-corrected chi connectivity index (χ2v) is 3.63. The summed E-state index contributed by atoms with van der Waals surface area (Å²) in [5, 5.41) is 0.922. The SMILES string of the molecule is CC.Cc1cc2c(cc1Cl)CCC2. The fourth-order valence-corrected chi connectivity index (χ4v) is 1.90. The highest BCUT2D eigenvalue weighted by Crippen LogP contribution is 2.27. The molecule has 1 heteroatoms. The Bertz CT molecular complexity index is 260. The first-order chi connectivity index (χ1) is 6.27. The van der Waals surface area contributed by atoms with Crippen LogP contribution in [0.3, 0.4) is 0 Å². The summed E-state index contributed by atoms with van der Waals surface area (Å²) in [6.07, 6.45) is 3.76. The summed E-state index contributed by atoms with van der Waals surface area (Å²) in [4.78, 5) is 0. The fraction of sp³-hybridized carbons (Fsp3) is 0.500. The van der Waals surface area contributed by atoms with Crippen LogP contribution in [-0.2, 0) is 12.8 Å². The smallest absolute Gasteiger partial charge is 0.0438 e. The number of hydrogen-bond donors (Lipinski definition) is 0. The van der Waals surface area contributed by atoms with Gasteiger partial charge in [0.05, 0.1) is 0 Å². The first-order valence-corrected chi connectivity index (χ1v) is 5.43. The van der Waals surface area contributed by atoms with E-state index in [0.717, 1.165) is 5.02 Å². The number of aryl methyl sites for hydroxylation is 3. The van der Waals surface area contributed by atoms with Crippen molar-refractivity contribution in [1.82, 2.24) is 0 Å². The lowest BCUT2D eigenvalue weighted by atomic mass is 10.1. The Balaban J connectivity index is 0.000000396.